The third kappa shape index (κ3) is 2.87. The average molecular weight is 208 g/mol. The van der Waals surface area contributed by atoms with Crippen molar-refractivity contribution < 1.29 is 5.11 Å². The van der Waals surface area contributed by atoms with Crippen LogP contribution in [0.2, 0.25) is 0 Å². The molecule has 82 valence electrons. The highest BCUT2D eigenvalue weighted by Gasteiger charge is 2.28. The first-order valence-electron chi connectivity index (χ1n) is 5.21. The number of aliphatic hydroxyl groups excluding tert-OH is 1. The van der Waals surface area contributed by atoms with Crippen LogP contribution in [-0.4, -0.2) is 39.2 Å². The fraction of sp³-hybridized carbons (Fsp3) is 0.600. The normalized spacial score (nSPS) is 15.9. The van der Waals surface area contributed by atoms with Crippen LogP contribution in [0.3, 0.4) is 0 Å². The molecule has 1 heterocycles. The number of anilines is 1. The highest BCUT2D eigenvalue weighted by atomic mass is 16.3. The van der Waals surface area contributed by atoms with E-state index in [0.29, 0.717) is 18.4 Å². The molecule has 1 saturated carbocycles. The third-order valence-electron chi connectivity index (χ3n) is 2.54. The molecule has 1 aliphatic carbocycles. The van der Waals surface area contributed by atoms with Crippen molar-refractivity contribution >= 4 is 5.82 Å². The number of nitrogens with two attached hydrogens (primary N) is 1. The second kappa shape index (κ2) is 4.55. The van der Waals surface area contributed by atoms with Gasteiger partial charge in [0.15, 0.2) is 0 Å². The molecule has 0 aromatic carbocycles. The summed E-state index contributed by atoms with van der Waals surface area (Å²) in [6.07, 6.45) is 5.71. The third-order valence-corrected chi connectivity index (χ3v) is 2.54. The zero-order valence-corrected chi connectivity index (χ0v) is 8.63. The monoisotopic (exact) mass is 208 g/mol. The fourth-order valence-corrected chi connectivity index (χ4v) is 1.61. The van der Waals surface area contributed by atoms with Crippen LogP contribution >= 0.6 is 0 Å². The van der Waals surface area contributed by atoms with Gasteiger partial charge in [-0.2, -0.15) is 0 Å². The lowest BCUT2D eigenvalue weighted by atomic mass is 10.3. The van der Waals surface area contributed by atoms with Gasteiger partial charge in [-0.1, -0.05) is 0 Å². The van der Waals surface area contributed by atoms with E-state index in [1.807, 2.05) is 0 Å². The SMILES string of the molecule is Nc1cnc(CN(CCO)C2CC2)cn1. The molecule has 0 amide bonds. The average Bonchev–Trinajstić information content (AvgIpc) is 3.04. The van der Waals surface area contributed by atoms with E-state index >= 15 is 0 Å². The van der Waals surface area contributed by atoms with E-state index in [-0.39, 0.29) is 6.61 Å². The Labute approximate surface area is 88.9 Å². The quantitative estimate of drug-likeness (QED) is 0.713. The summed E-state index contributed by atoms with van der Waals surface area (Å²) in [5, 5.41) is 8.94. The Morgan fingerprint density at radius 3 is 2.73 bits per heavy atom. The van der Waals surface area contributed by atoms with E-state index in [2.05, 4.69) is 14.9 Å². The number of nitrogen functional groups attached to an aromatic ring is 1. The molecule has 2 rings (SSSR count). The molecule has 1 aromatic rings. The molecule has 15 heavy (non-hydrogen) atoms. The van der Waals surface area contributed by atoms with Crippen LogP contribution < -0.4 is 5.73 Å². The highest BCUT2D eigenvalue weighted by molar-refractivity contribution is 5.22. The van der Waals surface area contributed by atoms with Gasteiger partial charge in [0.05, 0.1) is 24.7 Å². The number of rotatable bonds is 5. The van der Waals surface area contributed by atoms with Crippen molar-refractivity contribution in [2.24, 2.45) is 0 Å². The maximum absolute atomic E-state index is 8.94. The zero-order valence-electron chi connectivity index (χ0n) is 8.63. The first kappa shape index (κ1) is 10.3. The van der Waals surface area contributed by atoms with E-state index in [0.717, 1.165) is 12.2 Å². The minimum absolute atomic E-state index is 0.193. The van der Waals surface area contributed by atoms with Crippen molar-refractivity contribution in [2.75, 3.05) is 18.9 Å². The topological polar surface area (TPSA) is 75.3 Å². The van der Waals surface area contributed by atoms with Crippen molar-refractivity contribution in [2.45, 2.75) is 25.4 Å². The number of aliphatic hydroxyl groups is 1. The van der Waals surface area contributed by atoms with E-state index in [1.54, 1.807) is 12.4 Å². The molecule has 0 spiro atoms. The molecule has 0 aliphatic heterocycles. The molecule has 1 aliphatic rings. The van der Waals surface area contributed by atoms with Gasteiger partial charge in [-0.3, -0.25) is 9.88 Å². The molecule has 5 heteroatoms. The number of hydrogen-bond donors (Lipinski definition) is 2. The highest BCUT2D eigenvalue weighted by Crippen LogP contribution is 2.27. The van der Waals surface area contributed by atoms with Gasteiger partial charge in [-0.25, -0.2) is 4.98 Å². The second-order valence-electron chi connectivity index (χ2n) is 3.86. The molecule has 0 bridgehead atoms. The lowest BCUT2D eigenvalue weighted by Crippen LogP contribution is -2.29. The predicted octanol–water partition coefficient (Wildman–Crippen LogP) is 0.0155. The van der Waals surface area contributed by atoms with Gasteiger partial charge in [0.2, 0.25) is 0 Å². The maximum atomic E-state index is 8.94. The van der Waals surface area contributed by atoms with E-state index < -0.39 is 0 Å². The van der Waals surface area contributed by atoms with Crippen molar-refractivity contribution in [3.63, 3.8) is 0 Å². The first-order chi connectivity index (χ1) is 7.29. The van der Waals surface area contributed by atoms with Gasteiger partial charge >= 0.3 is 0 Å². The molecule has 0 atom stereocenters. The van der Waals surface area contributed by atoms with Gasteiger partial charge in [-0.15, -0.1) is 0 Å². The summed E-state index contributed by atoms with van der Waals surface area (Å²) in [7, 11) is 0. The molecule has 1 fully saturated rings. The molecule has 0 unspecified atom stereocenters. The standard InChI is InChI=1S/C10H16N4O/c11-10-6-12-8(5-13-10)7-14(3-4-15)9-1-2-9/h5-6,9,15H,1-4,7H2,(H2,11,13). The minimum atomic E-state index is 0.193. The van der Waals surface area contributed by atoms with Crippen LogP contribution in [0.25, 0.3) is 0 Å². The Kier molecular flexibility index (Phi) is 3.13. The fourth-order valence-electron chi connectivity index (χ4n) is 1.61. The zero-order chi connectivity index (χ0) is 10.7. The molecule has 1 aromatic heterocycles. The molecule has 3 N–H and O–H groups in total. The minimum Gasteiger partial charge on any atom is -0.395 e. The number of aromatic nitrogens is 2. The summed E-state index contributed by atoms with van der Waals surface area (Å²) in [4.78, 5) is 10.4. The molecule has 0 radical (unpaired) electrons. The van der Waals surface area contributed by atoms with E-state index in [1.165, 1.54) is 12.8 Å². The van der Waals surface area contributed by atoms with Crippen molar-refractivity contribution in [3.05, 3.63) is 18.1 Å². The van der Waals surface area contributed by atoms with Crippen LogP contribution in [-0.2, 0) is 6.54 Å². The summed E-state index contributed by atoms with van der Waals surface area (Å²) >= 11 is 0. The smallest absolute Gasteiger partial charge is 0.141 e. The Bertz CT molecular complexity index is 310. The Morgan fingerprint density at radius 2 is 2.20 bits per heavy atom. The number of hydrogen-bond acceptors (Lipinski definition) is 5. The Morgan fingerprint density at radius 1 is 1.40 bits per heavy atom. The van der Waals surface area contributed by atoms with Crippen LogP contribution in [0.1, 0.15) is 18.5 Å². The predicted molar refractivity (Wildman–Crippen MR) is 57.0 cm³/mol. The van der Waals surface area contributed by atoms with Gasteiger partial charge in [-0.05, 0) is 12.8 Å². The van der Waals surface area contributed by atoms with Crippen molar-refractivity contribution in [1.29, 1.82) is 0 Å². The van der Waals surface area contributed by atoms with Gasteiger partial charge in [0.1, 0.15) is 5.82 Å². The van der Waals surface area contributed by atoms with Crippen molar-refractivity contribution in [3.8, 4) is 0 Å². The molecular formula is C10H16N4O. The molecule has 0 saturated heterocycles. The first-order valence-corrected chi connectivity index (χ1v) is 5.21. The van der Waals surface area contributed by atoms with Gasteiger partial charge in [0.25, 0.3) is 0 Å². The number of nitrogens with zero attached hydrogens (tertiary/aromatic N) is 3. The maximum Gasteiger partial charge on any atom is 0.141 e. The van der Waals surface area contributed by atoms with Crippen LogP contribution in [0.4, 0.5) is 5.82 Å². The summed E-state index contributed by atoms with van der Waals surface area (Å²) in [5.41, 5.74) is 6.37. The van der Waals surface area contributed by atoms with Crippen molar-refractivity contribution in [1.82, 2.24) is 14.9 Å². The molecular weight excluding hydrogens is 192 g/mol. The summed E-state index contributed by atoms with van der Waals surface area (Å²) in [6, 6.07) is 0.622. The summed E-state index contributed by atoms with van der Waals surface area (Å²) < 4.78 is 0. The van der Waals surface area contributed by atoms with E-state index in [4.69, 9.17) is 10.8 Å². The van der Waals surface area contributed by atoms with Crippen LogP contribution in [0.5, 0.6) is 0 Å². The Balaban J connectivity index is 1.95. The van der Waals surface area contributed by atoms with E-state index in [9.17, 15) is 0 Å². The molecule has 5 nitrogen and oxygen atoms in total. The Hall–Kier alpha value is -1.20. The largest absolute Gasteiger partial charge is 0.395 e. The lowest BCUT2D eigenvalue weighted by molar-refractivity contribution is 0.182. The summed E-state index contributed by atoms with van der Waals surface area (Å²) in [6.45, 7) is 1.65. The van der Waals surface area contributed by atoms with Crippen LogP contribution in [0.15, 0.2) is 12.4 Å². The van der Waals surface area contributed by atoms with Gasteiger partial charge in [0, 0.05) is 19.1 Å². The summed E-state index contributed by atoms with van der Waals surface area (Å²) in [5.74, 6) is 0.443. The van der Waals surface area contributed by atoms with Crippen LogP contribution in [0, 0.1) is 0 Å². The van der Waals surface area contributed by atoms with Gasteiger partial charge < -0.3 is 10.8 Å². The second-order valence-corrected chi connectivity index (χ2v) is 3.86. The lowest BCUT2D eigenvalue weighted by Gasteiger charge is -2.19.